The van der Waals surface area contributed by atoms with Gasteiger partial charge >= 0.3 is 0 Å². The molecule has 0 aliphatic carbocycles. The lowest BCUT2D eigenvalue weighted by molar-refractivity contribution is -0.117. The van der Waals surface area contributed by atoms with Gasteiger partial charge in [-0.25, -0.2) is 13.8 Å². The van der Waals surface area contributed by atoms with Crippen LogP contribution in [0.3, 0.4) is 0 Å². The minimum Gasteiger partial charge on any atom is -0.508 e. The molecule has 178 valence electrons. The van der Waals surface area contributed by atoms with Gasteiger partial charge in [-0.05, 0) is 35.9 Å². The van der Waals surface area contributed by atoms with Crippen LogP contribution in [0.1, 0.15) is 22.2 Å². The molecule has 0 spiro atoms. The number of aliphatic hydroxyl groups is 1. The SMILES string of the molecule is O=C(C1=C(O)C(=O)N(c2nc3c(F)cc(F)cc3s2)C1c1ccc(O)cc1)c1cc2ccccc2o1. The van der Waals surface area contributed by atoms with Crippen LogP contribution in [-0.2, 0) is 4.79 Å². The Bertz CT molecular complexity index is 1710. The normalized spacial score (nSPS) is 16.0. The maximum atomic E-state index is 14.4. The van der Waals surface area contributed by atoms with Gasteiger partial charge in [0.1, 0.15) is 22.7 Å². The van der Waals surface area contributed by atoms with Gasteiger partial charge in [0.15, 0.2) is 22.5 Å². The minimum atomic E-state index is -1.17. The maximum absolute atomic E-state index is 14.4. The fourth-order valence-electron chi connectivity index (χ4n) is 4.28. The fraction of sp³-hybridized carbons (Fsp3) is 0.0385. The Morgan fingerprint density at radius 2 is 1.78 bits per heavy atom. The van der Waals surface area contributed by atoms with Crippen molar-refractivity contribution in [3.63, 3.8) is 0 Å². The number of aromatic nitrogens is 1. The number of amides is 1. The first kappa shape index (κ1) is 21.9. The summed E-state index contributed by atoms with van der Waals surface area (Å²) in [5, 5.41) is 21.2. The Kier molecular flexibility index (Phi) is 4.87. The number of para-hydroxylation sites is 1. The van der Waals surface area contributed by atoms with Gasteiger partial charge in [-0.3, -0.25) is 14.5 Å². The second kappa shape index (κ2) is 7.99. The van der Waals surface area contributed by atoms with Crippen molar-refractivity contribution in [1.29, 1.82) is 0 Å². The number of hydrogen-bond donors (Lipinski definition) is 2. The molecule has 10 heteroatoms. The number of benzene rings is 3. The summed E-state index contributed by atoms with van der Waals surface area (Å²) in [6.45, 7) is 0. The number of phenolic OH excluding ortho intramolecular Hbond substituents is 1. The van der Waals surface area contributed by atoms with Gasteiger partial charge in [0.2, 0.25) is 5.78 Å². The number of hydrogen-bond acceptors (Lipinski definition) is 7. The lowest BCUT2D eigenvalue weighted by atomic mass is 9.95. The Labute approximate surface area is 205 Å². The van der Waals surface area contributed by atoms with Gasteiger partial charge in [-0.1, -0.05) is 41.7 Å². The second-order valence-electron chi connectivity index (χ2n) is 8.14. The molecule has 36 heavy (non-hydrogen) atoms. The Morgan fingerprint density at radius 1 is 1.03 bits per heavy atom. The van der Waals surface area contributed by atoms with E-state index in [4.69, 9.17) is 4.42 Å². The number of furan rings is 1. The molecule has 1 unspecified atom stereocenters. The first-order chi connectivity index (χ1) is 17.3. The van der Waals surface area contributed by atoms with Crippen molar-refractivity contribution in [2.75, 3.05) is 4.90 Å². The molecule has 3 heterocycles. The first-order valence-electron chi connectivity index (χ1n) is 10.7. The fourth-order valence-corrected chi connectivity index (χ4v) is 5.31. The molecule has 3 aromatic carbocycles. The number of aromatic hydroxyl groups is 1. The molecule has 1 atom stereocenters. The van der Waals surface area contributed by atoms with E-state index in [1.54, 1.807) is 24.3 Å². The van der Waals surface area contributed by atoms with Gasteiger partial charge in [-0.2, -0.15) is 0 Å². The van der Waals surface area contributed by atoms with Crippen LogP contribution >= 0.6 is 11.3 Å². The summed E-state index contributed by atoms with van der Waals surface area (Å²) in [6.07, 6.45) is 0. The van der Waals surface area contributed by atoms with E-state index < -0.39 is 35.1 Å². The first-order valence-corrected chi connectivity index (χ1v) is 11.5. The van der Waals surface area contributed by atoms with E-state index in [-0.39, 0.29) is 32.4 Å². The zero-order valence-corrected chi connectivity index (χ0v) is 18.9. The van der Waals surface area contributed by atoms with E-state index in [1.807, 2.05) is 0 Å². The molecule has 6 rings (SSSR count). The van der Waals surface area contributed by atoms with E-state index >= 15 is 0 Å². The summed E-state index contributed by atoms with van der Waals surface area (Å²) in [6, 6.07) is 14.8. The number of thiazole rings is 1. The zero-order chi connectivity index (χ0) is 25.1. The molecule has 0 saturated heterocycles. The monoisotopic (exact) mass is 504 g/mol. The predicted molar refractivity (Wildman–Crippen MR) is 128 cm³/mol. The number of rotatable bonds is 4. The predicted octanol–water partition coefficient (Wildman–Crippen LogP) is 5.81. The maximum Gasteiger partial charge on any atom is 0.296 e. The van der Waals surface area contributed by atoms with Crippen LogP contribution in [0.5, 0.6) is 5.75 Å². The van der Waals surface area contributed by atoms with Gasteiger partial charge in [0.25, 0.3) is 5.91 Å². The highest BCUT2D eigenvalue weighted by atomic mass is 32.1. The number of halogens is 2. The van der Waals surface area contributed by atoms with Crippen molar-refractivity contribution in [2.45, 2.75) is 6.04 Å². The molecule has 0 radical (unpaired) electrons. The molecule has 1 amide bonds. The van der Waals surface area contributed by atoms with E-state index in [1.165, 1.54) is 30.3 Å². The van der Waals surface area contributed by atoms with Crippen molar-refractivity contribution in [3.05, 3.63) is 101 Å². The second-order valence-corrected chi connectivity index (χ2v) is 9.15. The molecule has 1 aliphatic rings. The number of aliphatic hydroxyl groups excluding tert-OH is 1. The minimum absolute atomic E-state index is 0.0449. The molecule has 0 saturated carbocycles. The number of phenols is 1. The van der Waals surface area contributed by atoms with Crippen LogP contribution in [-0.4, -0.2) is 26.9 Å². The highest BCUT2D eigenvalue weighted by Crippen LogP contribution is 2.45. The topological polar surface area (TPSA) is 104 Å². The number of carbonyl (C=O) groups excluding carboxylic acids is 2. The molecule has 0 bridgehead atoms. The average molecular weight is 504 g/mol. The third-order valence-electron chi connectivity index (χ3n) is 5.92. The Balaban J connectivity index is 1.52. The molecular weight excluding hydrogens is 490 g/mol. The van der Waals surface area contributed by atoms with Crippen LogP contribution in [0, 0.1) is 11.6 Å². The van der Waals surface area contributed by atoms with E-state index in [9.17, 15) is 28.6 Å². The van der Waals surface area contributed by atoms with Gasteiger partial charge in [0, 0.05) is 11.5 Å². The molecule has 2 N–H and O–H groups in total. The summed E-state index contributed by atoms with van der Waals surface area (Å²) in [7, 11) is 0. The highest BCUT2D eigenvalue weighted by Gasteiger charge is 2.46. The van der Waals surface area contributed by atoms with Crippen molar-refractivity contribution in [3.8, 4) is 5.75 Å². The number of anilines is 1. The smallest absolute Gasteiger partial charge is 0.296 e. The van der Waals surface area contributed by atoms with E-state index in [0.717, 1.165) is 22.3 Å². The number of carbonyl (C=O) groups is 2. The Hall–Kier alpha value is -4.57. The molecule has 2 aromatic heterocycles. The van der Waals surface area contributed by atoms with Crippen LogP contribution < -0.4 is 4.90 Å². The lowest BCUT2D eigenvalue weighted by Crippen LogP contribution is -2.30. The Morgan fingerprint density at radius 3 is 2.53 bits per heavy atom. The largest absolute Gasteiger partial charge is 0.508 e. The standard InChI is InChI=1S/C26H14F2N2O5S/c27-14-10-16(28)21-19(11-14)36-26(29-21)30-22(12-5-7-15(31)8-6-12)20(24(33)25(30)34)23(32)18-9-13-3-1-2-4-17(13)35-18/h1-11,22,31,33H. The molecule has 7 nitrogen and oxygen atoms in total. The van der Waals surface area contributed by atoms with E-state index in [2.05, 4.69) is 4.98 Å². The quantitative estimate of drug-likeness (QED) is 0.300. The lowest BCUT2D eigenvalue weighted by Gasteiger charge is -2.24. The summed E-state index contributed by atoms with van der Waals surface area (Å²) in [5.41, 5.74) is 0.406. The summed E-state index contributed by atoms with van der Waals surface area (Å²) < 4.78 is 34.0. The third-order valence-corrected chi connectivity index (χ3v) is 6.92. The zero-order valence-electron chi connectivity index (χ0n) is 18.1. The number of nitrogens with zero attached hydrogens (tertiary/aromatic N) is 2. The van der Waals surface area contributed by atoms with Crippen LogP contribution in [0.15, 0.2) is 82.5 Å². The highest BCUT2D eigenvalue weighted by molar-refractivity contribution is 7.22. The summed E-state index contributed by atoms with van der Waals surface area (Å²) in [5.74, 6) is -4.33. The van der Waals surface area contributed by atoms with Crippen LogP contribution in [0.25, 0.3) is 21.2 Å². The molecule has 1 aliphatic heterocycles. The molecular formula is C26H14F2N2O5S. The summed E-state index contributed by atoms with van der Waals surface area (Å²) >= 11 is 0.836. The van der Waals surface area contributed by atoms with Crippen molar-refractivity contribution in [1.82, 2.24) is 4.98 Å². The molecule has 5 aromatic rings. The average Bonchev–Trinajstić information content (AvgIpc) is 3.54. The summed E-state index contributed by atoms with van der Waals surface area (Å²) in [4.78, 5) is 32.1. The number of fused-ring (bicyclic) bond motifs is 2. The number of Topliss-reactive ketones (excluding diaryl/α,β-unsaturated/α-hetero) is 1. The van der Waals surface area contributed by atoms with Crippen molar-refractivity contribution < 1.29 is 33.0 Å². The van der Waals surface area contributed by atoms with E-state index in [0.29, 0.717) is 22.6 Å². The van der Waals surface area contributed by atoms with Crippen LogP contribution in [0.4, 0.5) is 13.9 Å². The van der Waals surface area contributed by atoms with Crippen molar-refractivity contribution in [2.24, 2.45) is 0 Å². The van der Waals surface area contributed by atoms with Gasteiger partial charge in [-0.15, -0.1) is 0 Å². The van der Waals surface area contributed by atoms with Crippen LogP contribution in [0.2, 0.25) is 0 Å². The molecule has 0 fully saturated rings. The third kappa shape index (κ3) is 3.34. The van der Waals surface area contributed by atoms with Gasteiger partial charge in [0.05, 0.1) is 16.3 Å². The number of ketones is 1. The van der Waals surface area contributed by atoms with Gasteiger partial charge < -0.3 is 14.6 Å². The van der Waals surface area contributed by atoms with Crippen molar-refractivity contribution >= 4 is 49.3 Å².